The van der Waals surface area contributed by atoms with Crippen molar-refractivity contribution in [2.24, 2.45) is 4.99 Å². The first-order valence-electron chi connectivity index (χ1n) is 8.80. The number of nitrogens with one attached hydrogen (secondary N) is 2. The van der Waals surface area contributed by atoms with E-state index >= 15 is 0 Å². The van der Waals surface area contributed by atoms with Crippen LogP contribution in [0.5, 0.6) is 5.75 Å². The Bertz CT molecular complexity index is 761. The monoisotopic (exact) mass is 388 g/mol. The van der Waals surface area contributed by atoms with Gasteiger partial charge in [0, 0.05) is 37.3 Å². The highest BCUT2D eigenvalue weighted by atomic mass is 35.5. The first-order valence-corrected chi connectivity index (χ1v) is 9.18. The van der Waals surface area contributed by atoms with Crippen LogP contribution in [0.15, 0.2) is 53.5 Å². The molecule has 0 aliphatic carbocycles. The number of aromatic hydroxyl groups is 1. The molecule has 2 aromatic carbocycles. The number of rotatable bonds is 7. The fourth-order valence-corrected chi connectivity index (χ4v) is 2.58. The van der Waals surface area contributed by atoms with E-state index in [0.717, 1.165) is 18.1 Å². The molecule has 0 radical (unpaired) electrons. The van der Waals surface area contributed by atoms with Crippen molar-refractivity contribution < 1.29 is 9.90 Å². The number of nitrogens with zero attached hydrogens (tertiary/aromatic N) is 2. The Morgan fingerprint density at radius 3 is 2.41 bits per heavy atom. The maximum Gasteiger partial charge on any atom is 0.251 e. The molecule has 2 rings (SSSR count). The summed E-state index contributed by atoms with van der Waals surface area (Å²) >= 11 is 5.93. The maximum atomic E-state index is 12.1. The number of hydrogen-bond acceptors (Lipinski definition) is 3. The summed E-state index contributed by atoms with van der Waals surface area (Å²) in [6, 6.07) is 13.8. The van der Waals surface area contributed by atoms with Crippen LogP contribution in [0.1, 0.15) is 22.8 Å². The van der Waals surface area contributed by atoms with Crippen molar-refractivity contribution in [3.63, 3.8) is 0 Å². The van der Waals surface area contributed by atoms with Gasteiger partial charge >= 0.3 is 0 Å². The van der Waals surface area contributed by atoms with Crippen LogP contribution in [0.4, 0.5) is 0 Å². The molecule has 0 saturated heterocycles. The van der Waals surface area contributed by atoms with Gasteiger partial charge in [-0.1, -0.05) is 23.7 Å². The van der Waals surface area contributed by atoms with Crippen LogP contribution >= 0.6 is 11.6 Å². The van der Waals surface area contributed by atoms with Gasteiger partial charge in [0.05, 0.1) is 6.54 Å². The third-order valence-electron chi connectivity index (χ3n) is 3.82. The molecule has 0 aliphatic rings. The summed E-state index contributed by atoms with van der Waals surface area (Å²) in [6.45, 7) is 4.34. The molecular weight excluding hydrogens is 364 g/mol. The Balaban J connectivity index is 1.87. The van der Waals surface area contributed by atoms with Gasteiger partial charge in [-0.2, -0.15) is 0 Å². The van der Waals surface area contributed by atoms with Gasteiger partial charge < -0.3 is 20.6 Å². The smallest absolute Gasteiger partial charge is 0.251 e. The average molecular weight is 389 g/mol. The molecule has 0 saturated carbocycles. The van der Waals surface area contributed by atoms with Gasteiger partial charge in [-0.3, -0.25) is 9.79 Å². The zero-order valence-electron chi connectivity index (χ0n) is 15.6. The van der Waals surface area contributed by atoms with Crippen LogP contribution in [-0.4, -0.2) is 48.6 Å². The van der Waals surface area contributed by atoms with E-state index in [-0.39, 0.29) is 11.7 Å². The third-order valence-corrected chi connectivity index (χ3v) is 4.07. The lowest BCUT2D eigenvalue weighted by Crippen LogP contribution is -2.39. The molecule has 0 aromatic heterocycles. The maximum absolute atomic E-state index is 12.1. The second-order valence-corrected chi connectivity index (χ2v) is 6.46. The number of aliphatic imine (C=N–C) groups is 1. The normalized spacial score (nSPS) is 11.1. The van der Waals surface area contributed by atoms with Crippen LogP contribution in [0.3, 0.4) is 0 Å². The molecule has 3 N–H and O–H groups in total. The van der Waals surface area contributed by atoms with Gasteiger partial charge in [-0.15, -0.1) is 0 Å². The van der Waals surface area contributed by atoms with E-state index < -0.39 is 0 Å². The van der Waals surface area contributed by atoms with Gasteiger partial charge in [0.25, 0.3) is 5.91 Å². The summed E-state index contributed by atoms with van der Waals surface area (Å²) in [5.41, 5.74) is 1.64. The topological polar surface area (TPSA) is 77.0 Å². The van der Waals surface area contributed by atoms with E-state index in [9.17, 15) is 9.90 Å². The summed E-state index contributed by atoms with van der Waals surface area (Å²) in [5.74, 6) is 0.714. The molecule has 0 atom stereocenters. The number of halogens is 1. The van der Waals surface area contributed by atoms with Gasteiger partial charge in [0.2, 0.25) is 0 Å². The second-order valence-electron chi connectivity index (χ2n) is 6.02. The molecule has 0 aliphatic heterocycles. The molecular formula is C20H25ClN4O2. The summed E-state index contributed by atoms with van der Waals surface area (Å²) in [4.78, 5) is 18.6. The van der Waals surface area contributed by atoms with Gasteiger partial charge in [0.15, 0.2) is 5.96 Å². The zero-order valence-corrected chi connectivity index (χ0v) is 16.3. The summed E-state index contributed by atoms with van der Waals surface area (Å²) < 4.78 is 0. The summed E-state index contributed by atoms with van der Waals surface area (Å²) in [5, 5.41) is 16.1. The lowest BCUT2D eigenvalue weighted by atomic mass is 10.2. The van der Waals surface area contributed by atoms with Gasteiger partial charge in [-0.25, -0.2) is 0 Å². The van der Waals surface area contributed by atoms with Gasteiger partial charge in [0.1, 0.15) is 5.75 Å². The second kappa shape index (κ2) is 10.4. The number of benzene rings is 2. The summed E-state index contributed by atoms with van der Waals surface area (Å²) in [7, 11) is 1.96. The minimum Gasteiger partial charge on any atom is -0.508 e. The molecule has 0 spiro atoms. The Morgan fingerprint density at radius 2 is 1.78 bits per heavy atom. The van der Waals surface area contributed by atoms with Crippen LogP contribution < -0.4 is 10.6 Å². The van der Waals surface area contributed by atoms with Crippen LogP contribution in [0, 0.1) is 0 Å². The highest BCUT2D eigenvalue weighted by Gasteiger charge is 2.07. The number of phenols is 1. The fourth-order valence-electron chi connectivity index (χ4n) is 2.45. The lowest BCUT2D eigenvalue weighted by molar-refractivity contribution is 0.0955. The molecule has 27 heavy (non-hydrogen) atoms. The van der Waals surface area contributed by atoms with E-state index in [4.69, 9.17) is 11.6 Å². The number of hydrogen-bond donors (Lipinski definition) is 3. The largest absolute Gasteiger partial charge is 0.508 e. The highest BCUT2D eigenvalue weighted by Crippen LogP contribution is 2.11. The van der Waals surface area contributed by atoms with Crippen molar-refractivity contribution in [3.8, 4) is 5.75 Å². The Kier molecular flexibility index (Phi) is 7.95. The van der Waals surface area contributed by atoms with Crippen LogP contribution in [0.25, 0.3) is 0 Å². The van der Waals surface area contributed by atoms with Crippen molar-refractivity contribution in [3.05, 3.63) is 64.7 Å². The van der Waals surface area contributed by atoms with E-state index in [1.807, 2.05) is 43.1 Å². The number of carbonyl (C=O) groups is 1. The van der Waals surface area contributed by atoms with E-state index in [2.05, 4.69) is 15.6 Å². The van der Waals surface area contributed by atoms with E-state index in [1.165, 1.54) is 12.1 Å². The molecule has 0 fully saturated rings. The van der Waals surface area contributed by atoms with Crippen molar-refractivity contribution in [1.82, 2.24) is 15.5 Å². The predicted molar refractivity (Wildman–Crippen MR) is 109 cm³/mol. The van der Waals surface area contributed by atoms with Crippen molar-refractivity contribution in [2.45, 2.75) is 13.5 Å². The Labute approximate surface area is 164 Å². The Morgan fingerprint density at radius 1 is 1.11 bits per heavy atom. The standard InChI is InChI=1S/C20H25ClN4O2/c1-3-22-20(25(2)14-15-4-8-17(21)9-5-15)24-13-12-23-19(27)16-6-10-18(26)11-7-16/h4-11,26H,3,12-14H2,1-2H3,(H,22,24)(H,23,27). The van der Waals surface area contributed by atoms with Crippen LogP contribution in [-0.2, 0) is 6.54 Å². The molecule has 0 unspecified atom stereocenters. The van der Waals surface area contributed by atoms with E-state index in [0.29, 0.717) is 30.2 Å². The Hall–Kier alpha value is -2.73. The fraction of sp³-hybridized carbons (Fsp3) is 0.300. The average Bonchev–Trinajstić information content (AvgIpc) is 2.66. The minimum absolute atomic E-state index is 0.134. The zero-order chi connectivity index (χ0) is 19.6. The van der Waals surface area contributed by atoms with Crippen LogP contribution in [0.2, 0.25) is 5.02 Å². The minimum atomic E-state index is -0.190. The quantitative estimate of drug-likeness (QED) is 0.387. The SMILES string of the molecule is CCNC(=NCCNC(=O)c1ccc(O)cc1)N(C)Cc1ccc(Cl)cc1. The van der Waals surface area contributed by atoms with Crippen molar-refractivity contribution >= 4 is 23.5 Å². The number of phenolic OH excluding ortho intramolecular Hbond substituents is 1. The first kappa shape index (κ1) is 20.6. The molecule has 0 bridgehead atoms. The lowest BCUT2D eigenvalue weighted by Gasteiger charge is -2.22. The molecule has 0 heterocycles. The molecule has 7 heteroatoms. The number of carbonyl (C=O) groups excluding carboxylic acids is 1. The predicted octanol–water partition coefficient (Wildman–Crippen LogP) is 2.87. The molecule has 1 amide bonds. The highest BCUT2D eigenvalue weighted by molar-refractivity contribution is 6.30. The molecule has 6 nitrogen and oxygen atoms in total. The summed E-state index contributed by atoms with van der Waals surface area (Å²) in [6.07, 6.45) is 0. The third kappa shape index (κ3) is 6.83. The van der Waals surface area contributed by atoms with Gasteiger partial charge in [-0.05, 0) is 48.9 Å². The van der Waals surface area contributed by atoms with Crippen molar-refractivity contribution in [1.29, 1.82) is 0 Å². The van der Waals surface area contributed by atoms with Crippen molar-refractivity contribution in [2.75, 3.05) is 26.7 Å². The van der Waals surface area contributed by atoms with E-state index in [1.54, 1.807) is 12.1 Å². The first-order chi connectivity index (χ1) is 13.0. The molecule has 2 aromatic rings. The number of guanidine groups is 1. The number of amides is 1. The molecule has 144 valence electrons.